The second-order valence-corrected chi connectivity index (χ2v) is 4.56. The highest BCUT2D eigenvalue weighted by molar-refractivity contribution is 9.10. The minimum absolute atomic E-state index is 0.0856. The van der Waals surface area contributed by atoms with Crippen LogP contribution in [-0.2, 0) is 11.3 Å². The van der Waals surface area contributed by atoms with E-state index in [4.69, 9.17) is 5.73 Å². The van der Waals surface area contributed by atoms with Gasteiger partial charge in [-0.15, -0.1) is 0 Å². The van der Waals surface area contributed by atoms with Gasteiger partial charge in [0.1, 0.15) is 0 Å². The minimum Gasteiger partial charge on any atom is -0.351 e. The molecule has 1 atom stereocenters. The number of benzene rings is 1. The van der Waals surface area contributed by atoms with Crippen LogP contribution >= 0.6 is 15.9 Å². The molecule has 0 aliphatic carbocycles. The zero-order chi connectivity index (χ0) is 12.0. The Hall–Kier alpha value is -0.870. The predicted molar refractivity (Wildman–Crippen MR) is 68.9 cm³/mol. The van der Waals surface area contributed by atoms with Crippen LogP contribution in [0.2, 0.25) is 0 Å². The number of rotatable bonds is 5. The Morgan fingerprint density at radius 2 is 2.19 bits per heavy atom. The molecule has 0 aromatic heterocycles. The molecule has 0 unspecified atom stereocenters. The predicted octanol–water partition coefficient (Wildman–Crippen LogP) is 2.19. The largest absolute Gasteiger partial charge is 0.351 e. The number of hydrogen-bond donors (Lipinski definition) is 2. The molecule has 16 heavy (non-hydrogen) atoms. The summed E-state index contributed by atoms with van der Waals surface area (Å²) < 4.78 is 0.999. The molecule has 0 bridgehead atoms. The fraction of sp³-hybridized carbons (Fsp3) is 0.417. The molecule has 4 heteroatoms. The van der Waals surface area contributed by atoms with Gasteiger partial charge in [0.25, 0.3) is 0 Å². The Morgan fingerprint density at radius 3 is 2.81 bits per heavy atom. The van der Waals surface area contributed by atoms with Crippen molar-refractivity contribution in [3.8, 4) is 0 Å². The zero-order valence-corrected chi connectivity index (χ0v) is 11.0. The summed E-state index contributed by atoms with van der Waals surface area (Å²) in [4.78, 5) is 11.6. The van der Waals surface area contributed by atoms with Crippen molar-refractivity contribution in [2.24, 2.45) is 5.73 Å². The Kier molecular flexibility index (Phi) is 5.49. The first kappa shape index (κ1) is 13.2. The highest BCUT2D eigenvalue weighted by Crippen LogP contribution is 2.15. The molecule has 0 spiro atoms. The second kappa shape index (κ2) is 6.66. The smallest absolute Gasteiger partial charge is 0.237 e. The number of carbonyl (C=O) groups is 1. The van der Waals surface area contributed by atoms with Crippen LogP contribution < -0.4 is 11.1 Å². The third-order valence-electron chi connectivity index (χ3n) is 2.35. The van der Waals surface area contributed by atoms with Crippen LogP contribution in [0.4, 0.5) is 0 Å². The van der Waals surface area contributed by atoms with Crippen molar-refractivity contribution in [1.29, 1.82) is 0 Å². The normalized spacial score (nSPS) is 12.2. The van der Waals surface area contributed by atoms with E-state index in [1.54, 1.807) is 0 Å². The summed E-state index contributed by atoms with van der Waals surface area (Å²) >= 11 is 3.43. The van der Waals surface area contributed by atoms with Gasteiger partial charge in [-0.1, -0.05) is 47.5 Å². The lowest BCUT2D eigenvalue weighted by atomic mass is 10.1. The van der Waals surface area contributed by atoms with Gasteiger partial charge in [-0.3, -0.25) is 4.79 Å². The molecule has 0 aliphatic rings. The fourth-order valence-electron chi connectivity index (χ4n) is 1.40. The fourth-order valence-corrected chi connectivity index (χ4v) is 1.82. The molecule has 0 saturated heterocycles. The van der Waals surface area contributed by atoms with E-state index in [1.165, 1.54) is 0 Å². The van der Waals surface area contributed by atoms with Crippen LogP contribution in [0, 0.1) is 0 Å². The highest BCUT2D eigenvalue weighted by Gasteiger charge is 2.11. The molecular weight excluding hydrogens is 268 g/mol. The molecule has 0 radical (unpaired) electrons. The quantitative estimate of drug-likeness (QED) is 0.871. The maximum absolute atomic E-state index is 11.6. The number of nitrogens with one attached hydrogen (secondary N) is 1. The Morgan fingerprint density at radius 1 is 1.50 bits per heavy atom. The van der Waals surface area contributed by atoms with E-state index in [-0.39, 0.29) is 5.91 Å². The van der Waals surface area contributed by atoms with Gasteiger partial charge in [0, 0.05) is 11.0 Å². The third kappa shape index (κ3) is 3.94. The monoisotopic (exact) mass is 284 g/mol. The van der Waals surface area contributed by atoms with Gasteiger partial charge in [0.15, 0.2) is 0 Å². The van der Waals surface area contributed by atoms with E-state index in [0.717, 1.165) is 22.9 Å². The topological polar surface area (TPSA) is 55.1 Å². The van der Waals surface area contributed by atoms with Crippen molar-refractivity contribution in [1.82, 2.24) is 5.32 Å². The first-order valence-corrected chi connectivity index (χ1v) is 6.21. The van der Waals surface area contributed by atoms with E-state index >= 15 is 0 Å². The molecule has 0 saturated carbocycles. The summed E-state index contributed by atoms with van der Waals surface area (Å²) in [7, 11) is 0. The van der Waals surface area contributed by atoms with E-state index in [1.807, 2.05) is 31.2 Å². The van der Waals surface area contributed by atoms with Crippen molar-refractivity contribution in [3.63, 3.8) is 0 Å². The lowest BCUT2D eigenvalue weighted by Gasteiger charge is -2.11. The summed E-state index contributed by atoms with van der Waals surface area (Å²) in [5, 5.41) is 2.83. The zero-order valence-electron chi connectivity index (χ0n) is 9.37. The van der Waals surface area contributed by atoms with Gasteiger partial charge in [0.05, 0.1) is 6.04 Å². The van der Waals surface area contributed by atoms with E-state index in [2.05, 4.69) is 21.2 Å². The van der Waals surface area contributed by atoms with E-state index in [9.17, 15) is 4.79 Å². The maximum Gasteiger partial charge on any atom is 0.237 e. The van der Waals surface area contributed by atoms with Gasteiger partial charge in [-0.25, -0.2) is 0 Å². The Labute approximate surface area is 105 Å². The van der Waals surface area contributed by atoms with Crippen LogP contribution in [0.1, 0.15) is 25.3 Å². The lowest BCUT2D eigenvalue weighted by molar-refractivity contribution is -0.122. The van der Waals surface area contributed by atoms with Gasteiger partial charge >= 0.3 is 0 Å². The molecular formula is C12H17BrN2O. The van der Waals surface area contributed by atoms with Crippen molar-refractivity contribution in [3.05, 3.63) is 34.3 Å². The number of hydrogen-bond acceptors (Lipinski definition) is 2. The summed E-state index contributed by atoms with van der Waals surface area (Å²) in [5.74, 6) is -0.0856. The second-order valence-electron chi connectivity index (χ2n) is 3.70. The van der Waals surface area contributed by atoms with Crippen LogP contribution in [0.15, 0.2) is 28.7 Å². The van der Waals surface area contributed by atoms with Gasteiger partial charge in [-0.2, -0.15) is 0 Å². The molecule has 0 aliphatic heterocycles. The van der Waals surface area contributed by atoms with Gasteiger partial charge < -0.3 is 11.1 Å². The molecule has 88 valence electrons. The number of halogens is 1. The Balaban J connectivity index is 2.46. The van der Waals surface area contributed by atoms with E-state index in [0.29, 0.717) is 6.54 Å². The SMILES string of the molecule is CCC[C@H](N)C(=O)NCc1ccccc1Br. The van der Waals surface area contributed by atoms with Crippen molar-refractivity contribution in [2.45, 2.75) is 32.4 Å². The average Bonchev–Trinajstić information content (AvgIpc) is 2.28. The molecule has 1 amide bonds. The molecule has 3 nitrogen and oxygen atoms in total. The number of amides is 1. The average molecular weight is 285 g/mol. The molecule has 1 aromatic carbocycles. The van der Waals surface area contributed by atoms with Gasteiger partial charge in [-0.05, 0) is 18.1 Å². The summed E-state index contributed by atoms with van der Waals surface area (Å²) in [6.07, 6.45) is 1.64. The first-order chi connectivity index (χ1) is 7.65. The third-order valence-corrected chi connectivity index (χ3v) is 3.12. The first-order valence-electron chi connectivity index (χ1n) is 5.41. The molecule has 1 rings (SSSR count). The van der Waals surface area contributed by atoms with Gasteiger partial charge in [0.2, 0.25) is 5.91 Å². The number of nitrogens with two attached hydrogens (primary N) is 1. The Bertz CT molecular complexity index is 355. The molecule has 1 aromatic rings. The van der Waals surface area contributed by atoms with Crippen molar-refractivity contribution < 1.29 is 4.79 Å². The summed E-state index contributed by atoms with van der Waals surface area (Å²) in [5.41, 5.74) is 6.76. The molecule has 0 fully saturated rings. The van der Waals surface area contributed by atoms with Crippen LogP contribution in [0.3, 0.4) is 0 Å². The van der Waals surface area contributed by atoms with Crippen molar-refractivity contribution >= 4 is 21.8 Å². The van der Waals surface area contributed by atoms with E-state index < -0.39 is 6.04 Å². The van der Waals surface area contributed by atoms with Crippen molar-refractivity contribution in [2.75, 3.05) is 0 Å². The number of carbonyl (C=O) groups excluding carboxylic acids is 1. The standard InChI is InChI=1S/C12H17BrN2O/c1-2-5-11(14)12(16)15-8-9-6-3-4-7-10(9)13/h3-4,6-7,11H,2,5,8,14H2,1H3,(H,15,16)/t11-/m0/s1. The molecule has 3 N–H and O–H groups in total. The lowest BCUT2D eigenvalue weighted by Crippen LogP contribution is -2.40. The molecule has 0 heterocycles. The summed E-state index contributed by atoms with van der Waals surface area (Å²) in [6, 6.07) is 7.41. The highest BCUT2D eigenvalue weighted by atomic mass is 79.9. The minimum atomic E-state index is -0.396. The van der Waals surface area contributed by atoms with Crippen LogP contribution in [-0.4, -0.2) is 11.9 Å². The summed E-state index contributed by atoms with van der Waals surface area (Å²) in [6.45, 7) is 2.53. The van der Waals surface area contributed by atoms with Crippen LogP contribution in [0.5, 0.6) is 0 Å². The van der Waals surface area contributed by atoms with Crippen LogP contribution in [0.25, 0.3) is 0 Å². The maximum atomic E-state index is 11.6.